The van der Waals surface area contributed by atoms with Crippen LogP contribution in [-0.2, 0) is 4.79 Å². The Morgan fingerprint density at radius 3 is 2.87 bits per heavy atom. The molecule has 0 aliphatic carbocycles. The third kappa shape index (κ3) is 4.67. The summed E-state index contributed by atoms with van der Waals surface area (Å²) in [5.41, 5.74) is 2.38. The van der Waals surface area contributed by atoms with Crippen molar-refractivity contribution in [1.82, 2.24) is 0 Å². The zero-order valence-electron chi connectivity index (χ0n) is 8.79. The van der Waals surface area contributed by atoms with E-state index in [1.807, 2.05) is 12.2 Å². The molecular weight excluding hydrogens is 272 g/mol. The molecule has 0 saturated heterocycles. The molecule has 1 aromatic rings. The minimum Gasteiger partial charge on any atom is -0.288 e. The quantitative estimate of drug-likeness (QED) is 0.833. The number of rotatable bonds is 3. The molecule has 0 saturated carbocycles. The first-order chi connectivity index (χ1) is 7.09. The molecule has 0 amide bonds. The lowest BCUT2D eigenvalue weighted by Crippen LogP contribution is -1.82. The van der Waals surface area contributed by atoms with Crippen LogP contribution in [0, 0.1) is 6.92 Å². The summed E-state index contributed by atoms with van der Waals surface area (Å²) >= 11 is 4.81. The Bertz CT molecular complexity index is 385. The molecule has 0 bridgehead atoms. The smallest absolute Gasteiger partial charge is 0.186 e. The lowest BCUT2D eigenvalue weighted by molar-refractivity contribution is -0.109. The fourth-order valence-corrected chi connectivity index (χ4v) is 1.89. The van der Waals surface area contributed by atoms with Gasteiger partial charge in [-0.25, -0.2) is 0 Å². The molecule has 3 heteroatoms. The van der Waals surface area contributed by atoms with Crippen LogP contribution in [0.1, 0.15) is 18.1 Å². The van der Waals surface area contributed by atoms with Crippen molar-refractivity contribution in [3.63, 3.8) is 0 Å². The molecule has 0 aromatic heterocycles. The Morgan fingerprint density at radius 1 is 1.53 bits per heavy atom. The zero-order valence-corrected chi connectivity index (χ0v) is 11.2. The number of carbonyl (C=O) groups excluding carboxylic acids is 1. The van der Waals surface area contributed by atoms with Gasteiger partial charge in [0.25, 0.3) is 0 Å². The molecule has 0 aliphatic heterocycles. The molecular formula is C12H13BrOS. The molecule has 0 atom stereocenters. The Balaban J connectivity index is 2.57. The van der Waals surface area contributed by atoms with Gasteiger partial charge < -0.3 is 0 Å². The van der Waals surface area contributed by atoms with Crippen molar-refractivity contribution in [3.05, 3.63) is 39.9 Å². The largest absolute Gasteiger partial charge is 0.288 e. The zero-order chi connectivity index (χ0) is 11.3. The highest BCUT2D eigenvalue weighted by atomic mass is 79.9. The van der Waals surface area contributed by atoms with Crippen molar-refractivity contribution in [1.29, 1.82) is 0 Å². The first kappa shape index (κ1) is 12.5. The van der Waals surface area contributed by atoms with E-state index in [0.717, 1.165) is 15.8 Å². The minimum atomic E-state index is 0.157. The third-order valence-electron chi connectivity index (χ3n) is 1.89. The number of hydrogen-bond donors (Lipinski definition) is 0. The summed E-state index contributed by atoms with van der Waals surface area (Å²) in [4.78, 5) is 10.7. The Hall–Kier alpha value is -0.540. The van der Waals surface area contributed by atoms with Crippen molar-refractivity contribution < 1.29 is 4.79 Å². The number of halogens is 1. The van der Waals surface area contributed by atoms with Gasteiger partial charge >= 0.3 is 0 Å². The summed E-state index contributed by atoms with van der Waals surface area (Å²) in [5, 5.41) is 0.157. The van der Waals surface area contributed by atoms with Gasteiger partial charge in [0.15, 0.2) is 5.12 Å². The molecule has 0 heterocycles. The maximum Gasteiger partial charge on any atom is 0.186 e. The van der Waals surface area contributed by atoms with Gasteiger partial charge in [-0.3, -0.25) is 4.79 Å². The van der Waals surface area contributed by atoms with Crippen LogP contribution in [0.3, 0.4) is 0 Å². The van der Waals surface area contributed by atoms with Crippen LogP contribution in [0.2, 0.25) is 0 Å². The van der Waals surface area contributed by atoms with Crippen molar-refractivity contribution in [3.8, 4) is 0 Å². The van der Waals surface area contributed by atoms with Crippen molar-refractivity contribution in [2.24, 2.45) is 0 Å². The van der Waals surface area contributed by atoms with Crippen LogP contribution < -0.4 is 0 Å². The molecule has 1 nitrogen and oxygen atoms in total. The number of benzene rings is 1. The number of hydrogen-bond acceptors (Lipinski definition) is 2. The first-order valence-electron chi connectivity index (χ1n) is 4.65. The highest BCUT2D eigenvalue weighted by molar-refractivity contribution is 9.10. The lowest BCUT2D eigenvalue weighted by atomic mass is 10.1. The first-order valence-corrected chi connectivity index (χ1v) is 6.43. The maximum atomic E-state index is 10.7. The van der Waals surface area contributed by atoms with E-state index in [9.17, 15) is 4.79 Å². The van der Waals surface area contributed by atoms with E-state index in [4.69, 9.17) is 0 Å². The molecule has 0 aliphatic rings. The van der Waals surface area contributed by atoms with Crippen LogP contribution in [0.5, 0.6) is 0 Å². The van der Waals surface area contributed by atoms with Crippen molar-refractivity contribution in [2.75, 3.05) is 5.75 Å². The van der Waals surface area contributed by atoms with Crippen LogP contribution in [0.25, 0.3) is 6.08 Å². The van der Waals surface area contributed by atoms with Gasteiger partial charge in [0.1, 0.15) is 0 Å². The molecule has 80 valence electrons. The summed E-state index contributed by atoms with van der Waals surface area (Å²) in [6, 6.07) is 6.21. The fourth-order valence-electron chi connectivity index (χ4n) is 1.06. The molecule has 0 radical (unpaired) electrons. The van der Waals surface area contributed by atoms with Crippen LogP contribution in [-0.4, -0.2) is 10.9 Å². The molecule has 0 unspecified atom stereocenters. The lowest BCUT2D eigenvalue weighted by Gasteiger charge is -1.99. The van der Waals surface area contributed by atoms with E-state index in [1.165, 1.54) is 17.3 Å². The summed E-state index contributed by atoms with van der Waals surface area (Å²) in [5.74, 6) is 0.737. The predicted molar refractivity (Wildman–Crippen MR) is 71.1 cm³/mol. The van der Waals surface area contributed by atoms with Crippen molar-refractivity contribution in [2.45, 2.75) is 13.8 Å². The fraction of sp³-hybridized carbons (Fsp3) is 0.250. The summed E-state index contributed by atoms with van der Waals surface area (Å²) in [6.45, 7) is 3.64. The second-order valence-corrected chi connectivity index (χ2v) is 5.26. The van der Waals surface area contributed by atoms with Gasteiger partial charge in [0.2, 0.25) is 0 Å². The van der Waals surface area contributed by atoms with Crippen LogP contribution in [0.4, 0.5) is 0 Å². The topological polar surface area (TPSA) is 17.1 Å². The van der Waals surface area contributed by atoms with E-state index in [1.54, 1.807) is 6.92 Å². The second-order valence-electron chi connectivity index (χ2n) is 3.21. The van der Waals surface area contributed by atoms with E-state index >= 15 is 0 Å². The number of carbonyl (C=O) groups is 1. The standard InChI is InChI=1S/C12H13BrOS/c1-9-5-6-11(8-12(9)13)4-3-7-15-10(2)14/h3-6,8H,7H2,1-2H3. The normalized spacial score (nSPS) is 10.9. The average molecular weight is 285 g/mol. The van der Waals surface area contributed by atoms with Crippen molar-refractivity contribution >= 4 is 38.9 Å². The molecule has 0 fully saturated rings. The van der Waals surface area contributed by atoms with Gasteiger partial charge in [0.05, 0.1) is 0 Å². The highest BCUT2D eigenvalue weighted by Gasteiger charge is 1.94. The summed E-state index contributed by atoms with van der Waals surface area (Å²) < 4.78 is 1.11. The Morgan fingerprint density at radius 2 is 2.27 bits per heavy atom. The minimum absolute atomic E-state index is 0.157. The molecule has 15 heavy (non-hydrogen) atoms. The summed E-state index contributed by atoms with van der Waals surface area (Å²) in [7, 11) is 0. The number of aryl methyl sites for hydroxylation is 1. The monoisotopic (exact) mass is 284 g/mol. The SMILES string of the molecule is CC(=O)SCC=Cc1ccc(C)c(Br)c1. The van der Waals surface area contributed by atoms with Crippen LogP contribution >= 0.6 is 27.7 Å². The molecule has 0 spiro atoms. The van der Waals surface area contributed by atoms with E-state index in [-0.39, 0.29) is 5.12 Å². The second kappa shape index (κ2) is 6.13. The predicted octanol–water partition coefficient (Wildman–Crippen LogP) is 4.05. The Kier molecular flexibility index (Phi) is 5.12. The molecule has 0 N–H and O–H groups in total. The van der Waals surface area contributed by atoms with Gasteiger partial charge in [-0.05, 0) is 24.1 Å². The maximum absolute atomic E-state index is 10.7. The number of thioether (sulfide) groups is 1. The van der Waals surface area contributed by atoms with Gasteiger partial charge in [-0.1, -0.05) is 52.0 Å². The van der Waals surface area contributed by atoms with E-state index < -0.39 is 0 Å². The van der Waals surface area contributed by atoms with Gasteiger partial charge in [-0.15, -0.1) is 0 Å². The Labute approximate surface area is 103 Å². The highest BCUT2D eigenvalue weighted by Crippen LogP contribution is 2.18. The van der Waals surface area contributed by atoms with Gasteiger partial charge in [0, 0.05) is 17.1 Å². The average Bonchev–Trinajstić information content (AvgIpc) is 2.18. The van der Waals surface area contributed by atoms with Crippen LogP contribution in [0.15, 0.2) is 28.7 Å². The third-order valence-corrected chi connectivity index (χ3v) is 3.51. The molecule has 1 rings (SSSR count). The van der Waals surface area contributed by atoms with E-state index in [0.29, 0.717) is 0 Å². The van der Waals surface area contributed by atoms with E-state index in [2.05, 4.69) is 41.1 Å². The summed E-state index contributed by atoms with van der Waals surface area (Å²) in [6.07, 6.45) is 4.03. The van der Waals surface area contributed by atoms with Gasteiger partial charge in [-0.2, -0.15) is 0 Å². The molecule has 1 aromatic carbocycles.